The van der Waals surface area contributed by atoms with Crippen molar-refractivity contribution in [2.45, 2.75) is 260 Å². The van der Waals surface area contributed by atoms with Gasteiger partial charge in [-0.15, -0.1) is 0 Å². The Hall–Kier alpha value is -2.48. The van der Waals surface area contributed by atoms with Crippen molar-refractivity contribution < 1.29 is 4.70 Å². The Morgan fingerprint density at radius 2 is 0.655 bits per heavy atom. The fraction of sp³-hybridized carbons (Fsp3) is 0.714. The van der Waals surface area contributed by atoms with E-state index in [9.17, 15) is 5.53 Å². The summed E-state index contributed by atoms with van der Waals surface area (Å²) in [5.74, 6) is 0. The largest absolute Gasteiger partial charge is 0.493 e. The lowest BCUT2D eigenvalue weighted by Crippen LogP contribution is -2.09. The van der Waals surface area contributed by atoms with Crippen molar-refractivity contribution >= 4 is 11.4 Å². The smallest absolute Gasteiger partial charge is 0.210 e. The molecule has 1 aliphatic rings. The van der Waals surface area contributed by atoms with E-state index in [1.807, 2.05) is 0 Å². The Balaban J connectivity index is 2.16. The van der Waals surface area contributed by atoms with Crippen LogP contribution in [-0.4, -0.2) is 4.70 Å². The number of allylic oxidation sites excluding steroid dienone is 2. The predicted molar refractivity (Wildman–Crippen MR) is 258 cm³/mol. The molecule has 58 heavy (non-hydrogen) atoms. The van der Waals surface area contributed by atoms with Gasteiger partial charge in [-0.1, -0.05) is 170 Å². The molecular weight excluding hydrogens is 701 g/mol. The number of aryl methyl sites for hydroxylation is 4. The third-order valence-corrected chi connectivity index (χ3v) is 13.1. The van der Waals surface area contributed by atoms with Crippen LogP contribution in [0, 0.1) is 0 Å². The fourth-order valence-corrected chi connectivity index (χ4v) is 9.46. The van der Waals surface area contributed by atoms with E-state index in [4.69, 9.17) is 0 Å². The van der Waals surface area contributed by atoms with Crippen molar-refractivity contribution in [2.75, 3.05) is 0 Å². The van der Waals surface area contributed by atoms with E-state index in [0.717, 1.165) is 56.3 Å². The molecule has 2 heteroatoms. The Morgan fingerprint density at radius 3 is 0.983 bits per heavy atom. The molecule has 2 nitrogen and oxygen atoms in total. The summed E-state index contributed by atoms with van der Waals surface area (Å²) >= 11 is 0. The maximum absolute atomic E-state index is 12.6. The molecule has 0 radical (unpaired) electrons. The van der Waals surface area contributed by atoms with Gasteiger partial charge in [0.05, 0.1) is 0 Å². The molecule has 2 aromatic carbocycles. The van der Waals surface area contributed by atoms with Crippen molar-refractivity contribution in [3.8, 4) is 0 Å². The number of rotatable bonds is 35. The van der Waals surface area contributed by atoms with Gasteiger partial charge in [0, 0.05) is 22.8 Å². The van der Waals surface area contributed by atoms with Crippen LogP contribution in [0.2, 0.25) is 0 Å². The van der Waals surface area contributed by atoms with Gasteiger partial charge in [0.25, 0.3) is 0 Å². The first-order valence-corrected chi connectivity index (χ1v) is 25.7. The Labute approximate surface area is 361 Å². The minimum atomic E-state index is 1.00. The summed E-state index contributed by atoms with van der Waals surface area (Å²) in [6.45, 7) is 16.3. The van der Waals surface area contributed by atoms with Gasteiger partial charge >= 0.3 is 0 Å². The van der Waals surface area contributed by atoms with Crippen LogP contribution in [0.3, 0.4) is 0 Å². The molecule has 3 rings (SSSR count). The Kier molecular flexibility index (Phi) is 26.3. The minimum absolute atomic E-state index is 1.00. The van der Waals surface area contributed by atoms with E-state index in [2.05, 4.69) is 78.8 Å². The summed E-state index contributed by atoms with van der Waals surface area (Å²) < 4.78 is 1.65. The number of hydrogen-bond donors (Lipinski definition) is 0. The molecule has 0 N–H and O–H groups in total. The second-order valence-electron chi connectivity index (χ2n) is 18.2. The van der Waals surface area contributed by atoms with E-state index in [0.29, 0.717) is 0 Å². The number of unbranched alkanes of at least 4 members (excludes halogenated alkanes) is 19. The molecule has 0 bridgehead atoms. The third kappa shape index (κ3) is 16.9. The van der Waals surface area contributed by atoms with Gasteiger partial charge in [-0.05, 0) is 148 Å². The molecule has 1 aliphatic heterocycles. The summed E-state index contributed by atoms with van der Waals surface area (Å²) in [4.78, 5) is 0. The summed E-state index contributed by atoms with van der Waals surface area (Å²) in [6, 6.07) is 10.1. The van der Waals surface area contributed by atoms with Gasteiger partial charge in [0.1, 0.15) is 0 Å². The van der Waals surface area contributed by atoms with Gasteiger partial charge in [-0.25, -0.2) is 4.70 Å². The molecular formula is C56H92N2. The molecule has 0 aromatic heterocycles. The normalized spacial score (nSPS) is 13.0. The second-order valence-corrected chi connectivity index (χ2v) is 18.2. The summed E-state index contributed by atoms with van der Waals surface area (Å²) in [5.41, 5.74) is 28.0. The zero-order valence-corrected chi connectivity index (χ0v) is 39.6. The average Bonchev–Trinajstić information content (AvgIpc) is 3.56. The number of hydrogen-bond acceptors (Lipinski definition) is 0. The second kappa shape index (κ2) is 30.5. The Morgan fingerprint density at radius 1 is 0.345 bits per heavy atom. The molecule has 0 atom stereocenters. The molecule has 0 amide bonds. The molecule has 326 valence electrons. The predicted octanol–water partition coefficient (Wildman–Crippen LogP) is 18.4. The lowest BCUT2D eigenvalue weighted by molar-refractivity contribution is -0.344. The lowest BCUT2D eigenvalue weighted by Gasteiger charge is -2.20. The third-order valence-electron chi connectivity index (χ3n) is 13.1. The maximum Gasteiger partial charge on any atom is 0.210 e. The topological polar surface area (TPSA) is 25.3 Å². The van der Waals surface area contributed by atoms with Crippen LogP contribution in [-0.2, 0) is 38.5 Å². The van der Waals surface area contributed by atoms with E-state index < -0.39 is 0 Å². The van der Waals surface area contributed by atoms with Gasteiger partial charge in [-0.2, -0.15) is 0 Å². The van der Waals surface area contributed by atoms with E-state index >= 15 is 0 Å². The SMILES string of the molecule is CCCCCCc1cc(C2=CC(CCCC)=C(c3cc(CCCCCC)c(CCCCCC)c(CCCCCC)c3)[N+]2=[N-])cc(CCCCCC)c1CCCCCC. The summed E-state index contributed by atoms with van der Waals surface area (Å²) in [7, 11) is 0. The first-order chi connectivity index (χ1) is 28.5. The van der Waals surface area contributed by atoms with Crippen LogP contribution in [0.15, 0.2) is 35.9 Å². The summed E-state index contributed by atoms with van der Waals surface area (Å²) in [5, 5.41) is 0. The van der Waals surface area contributed by atoms with Crippen molar-refractivity contribution in [2.24, 2.45) is 0 Å². The highest BCUT2D eigenvalue weighted by Gasteiger charge is 2.31. The van der Waals surface area contributed by atoms with Gasteiger partial charge in [-0.3, -0.25) is 0 Å². The molecule has 0 saturated carbocycles. The monoisotopic (exact) mass is 793 g/mol. The highest BCUT2D eigenvalue weighted by atomic mass is 15.2. The van der Waals surface area contributed by atoms with E-state index in [1.54, 1.807) is 38.1 Å². The van der Waals surface area contributed by atoms with E-state index in [-0.39, 0.29) is 0 Å². The van der Waals surface area contributed by atoms with Gasteiger partial charge < -0.3 is 5.53 Å². The van der Waals surface area contributed by atoms with E-state index in [1.165, 1.54) is 184 Å². The first-order valence-electron chi connectivity index (χ1n) is 25.7. The van der Waals surface area contributed by atoms with Crippen LogP contribution in [0.5, 0.6) is 0 Å². The van der Waals surface area contributed by atoms with Crippen LogP contribution in [0.25, 0.3) is 16.9 Å². The minimum Gasteiger partial charge on any atom is -0.493 e. The van der Waals surface area contributed by atoms with Crippen LogP contribution >= 0.6 is 0 Å². The maximum atomic E-state index is 12.6. The lowest BCUT2D eigenvalue weighted by atomic mass is 9.87. The number of nitrogens with zero attached hydrogens (tertiary/aromatic N) is 2. The average molecular weight is 793 g/mol. The van der Waals surface area contributed by atoms with Crippen LogP contribution < -0.4 is 0 Å². The molecule has 0 aliphatic carbocycles. The quantitative estimate of drug-likeness (QED) is 0.0491. The fourth-order valence-electron chi connectivity index (χ4n) is 9.46. The standard InChI is InChI=1S/C56H92N2/c1-8-15-22-28-35-46-41-51(42-47(36-29-23-16-9-2)53(46)39-32-26-19-12-5)55-45-50(34-21-14-7)56(58(55)57)52-43-48(37-30-24-17-10-3)54(40-33-27-20-13-6)49(44-52)38-31-25-18-11-4/h41-45H,8-40H2,1-7H3. The van der Waals surface area contributed by atoms with Crippen LogP contribution in [0.1, 0.15) is 266 Å². The zero-order chi connectivity index (χ0) is 41.8. The Bertz CT molecular complexity index is 1440. The molecule has 2 aromatic rings. The molecule has 0 fully saturated rings. The molecule has 0 saturated heterocycles. The van der Waals surface area contributed by atoms with Gasteiger partial charge in [0.15, 0.2) is 0 Å². The highest BCUT2D eigenvalue weighted by molar-refractivity contribution is 5.79. The van der Waals surface area contributed by atoms with Crippen molar-refractivity contribution in [1.82, 2.24) is 0 Å². The molecule has 1 heterocycles. The molecule has 0 spiro atoms. The highest BCUT2D eigenvalue weighted by Crippen LogP contribution is 2.40. The molecule has 0 unspecified atom stereocenters. The van der Waals surface area contributed by atoms with Crippen molar-refractivity contribution in [1.29, 1.82) is 0 Å². The summed E-state index contributed by atoms with van der Waals surface area (Å²) in [6.07, 6.45) is 43.8. The van der Waals surface area contributed by atoms with Crippen molar-refractivity contribution in [3.05, 3.63) is 86.0 Å². The van der Waals surface area contributed by atoms with Crippen LogP contribution in [0.4, 0.5) is 0 Å². The van der Waals surface area contributed by atoms with Crippen molar-refractivity contribution in [3.63, 3.8) is 0 Å². The number of benzene rings is 2. The zero-order valence-electron chi connectivity index (χ0n) is 39.6. The van der Waals surface area contributed by atoms with Gasteiger partial charge in [0.2, 0.25) is 11.4 Å². The first kappa shape index (κ1) is 49.9.